The zero-order valence-electron chi connectivity index (χ0n) is 13.8. The van der Waals surface area contributed by atoms with Crippen molar-refractivity contribution in [2.24, 2.45) is 0 Å². The molecular weight excluding hydrogens is 400 g/mol. The van der Waals surface area contributed by atoms with Crippen LogP contribution in [0.5, 0.6) is 0 Å². The van der Waals surface area contributed by atoms with Crippen LogP contribution in [0.3, 0.4) is 0 Å². The van der Waals surface area contributed by atoms with Gasteiger partial charge in [-0.25, -0.2) is 4.98 Å². The fourth-order valence-electron chi connectivity index (χ4n) is 2.61. The Morgan fingerprint density at radius 1 is 1.20 bits per heavy atom. The van der Waals surface area contributed by atoms with Crippen molar-refractivity contribution in [3.8, 4) is 11.3 Å². The Morgan fingerprint density at radius 2 is 1.92 bits per heavy atom. The Kier molecular flexibility index (Phi) is 5.20. The van der Waals surface area contributed by atoms with E-state index in [9.17, 15) is 9.90 Å². The van der Waals surface area contributed by atoms with Crippen molar-refractivity contribution in [1.82, 2.24) is 4.98 Å². The first-order valence-corrected chi connectivity index (χ1v) is 9.35. The van der Waals surface area contributed by atoms with Gasteiger partial charge in [0.2, 0.25) is 0 Å². The third-order valence-electron chi connectivity index (χ3n) is 3.74. The van der Waals surface area contributed by atoms with Gasteiger partial charge in [-0.05, 0) is 43.7 Å². The highest BCUT2D eigenvalue weighted by Gasteiger charge is 2.17. The number of benzene rings is 2. The number of carbonyl (C=O) groups is 1. The van der Waals surface area contributed by atoms with Crippen LogP contribution in [0.25, 0.3) is 11.3 Å². The molecule has 0 atom stereocenters. The maximum atomic E-state index is 11.2. The second kappa shape index (κ2) is 7.37. The summed E-state index contributed by atoms with van der Waals surface area (Å²) in [5, 5.41) is 13.2. The van der Waals surface area contributed by atoms with Crippen LogP contribution in [-0.4, -0.2) is 16.1 Å². The van der Waals surface area contributed by atoms with Crippen molar-refractivity contribution in [2.45, 2.75) is 20.3 Å². The van der Waals surface area contributed by atoms with Crippen molar-refractivity contribution < 1.29 is 9.90 Å². The van der Waals surface area contributed by atoms with E-state index in [1.54, 1.807) is 0 Å². The van der Waals surface area contributed by atoms with E-state index in [-0.39, 0.29) is 6.42 Å². The van der Waals surface area contributed by atoms with E-state index in [2.05, 4.69) is 32.3 Å². The summed E-state index contributed by atoms with van der Waals surface area (Å²) < 4.78 is 1.000. The summed E-state index contributed by atoms with van der Waals surface area (Å²) in [6, 6.07) is 13.9. The molecule has 1 heterocycles. The quantitative estimate of drug-likeness (QED) is 0.571. The lowest BCUT2D eigenvalue weighted by Crippen LogP contribution is -2.00. The number of hydrogen-bond acceptors (Lipinski definition) is 4. The molecule has 128 valence electrons. The number of carboxylic acid groups (broad SMARTS) is 1. The smallest absolute Gasteiger partial charge is 0.308 e. The molecule has 25 heavy (non-hydrogen) atoms. The fourth-order valence-corrected chi connectivity index (χ4v) is 3.86. The lowest BCUT2D eigenvalue weighted by Gasteiger charge is -2.06. The number of aromatic nitrogens is 1. The van der Waals surface area contributed by atoms with Crippen molar-refractivity contribution >= 4 is 44.1 Å². The molecule has 0 aliphatic rings. The van der Waals surface area contributed by atoms with Crippen LogP contribution in [0, 0.1) is 13.8 Å². The fraction of sp³-hybridized carbons (Fsp3) is 0.158. The predicted molar refractivity (Wildman–Crippen MR) is 106 cm³/mol. The summed E-state index contributed by atoms with van der Waals surface area (Å²) in [5.41, 5.74) is 4.88. The van der Waals surface area contributed by atoms with Crippen LogP contribution in [0.2, 0.25) is 0 Å². The lowest BCUT2D eigenvalue weighted by molar-refractivity contribution is -0.136. The van der Waals surface area contributed by atoms with E-state index in [1.165, 1.54) is 16.9 Å². The first-order valence-electron chi connectivity index (χ1n) is 7.74. The van der Waals surface area contributed by atoms with E-state index in [0.29, 0.717) is 5.13 Å². The molecule has 0 saturated heterocycles. The van der Waals surface area contributed by atoms with Gasteiger partial charge in [-0.1, -0.05) is 39.7 Å². The zero-order chi connectivity index (χ0) is 18.0. The number of rotatable bonds is 5. The van der Waals surface area contributed by atoms with Gasteiger partial charge in [0.1, 0.15) is 0 Å². The summed E-state index contributed by atoms with van der Waals surface area (Å²) >= 11 is 4.79. The minimum absolute atomic E-state index is 0.0394. The summed E-state index contributed by atoms with van der Waals surface area (Å²) in [5.74, 6) is -0.857. The van der Waals surface area contributed by atoms with E-state index < -0.39 is 5.97 Å². The maximum Gasteiger partial charge on any atom is 0.308 e. The van der Waals surface area contributed by atoms with Gasteiger partial charge in [0, 0.05) is 20.6 Å². The number of thiazole rings is 1. The second-order valence-electron chi connectivity index (χ2n) is 5.81. The summed E-state index contributed by atoms with van der Waals surface area (Å²) in [4.78, 5) is 16.7. The molecule has 0 saturated carbocycles. The molecule has 4 nitrogen and oxygen atoms in total. The molecule has 3 aromatic rings. The van der Waals surface area contributed by atoms with Crippen molar-refractivity contribution in [1.29, 1.82) is 0 Å². The molecule has 0 aliphatic heterocycles. The number of nitrogens with one attached hydrogen (secondary N) is 1. The number of nitrogens with zero attached hydrogens (tertiary/aromatic N) is 1. The molecule has 1 aromatic heterocycles. The van der Waals surface area contributed by atoms with Gasteiger partial charge in [-0.15, -0.1) is 11.3 Å². The first kappa shape index (κ1) is 17.6. The van der Waals surface area contributed by atoms with Gasteiger partial charge in [0.25, 0.3) is 0 Å². The maximum absolute atomic E-state index is 11.2. The zero-order valence-corrected chi connectivity index (χ0v) is 16.2. The van der Waals surface area contributed by atoms with Crippen LogP contribution in [0.1, 0.15) is 16.0 Å². The molecule has 6 heteroatoms. The molecule has 0 spiro atoms. The molecule has 3 rings (SSSR count). The Hall–Kier alpha value is -2.18. The van der Waals surface area contributed by atoms with Crippen LogP contribution < -0.4 is 5.32 Å². The Labute approximate surface area is 158 Å². The van der Waals surface area contributed by atoms with Crippen LogP contribution in [-0.2, 0) is 11.2 Å². The minimum Gasteiger partial charge on any atom is -0.481 e. The van der Waals surface area contributed by atoms with Crippen LogP contribution in [0.15, 0.2) is 46.9 Å². The number of hydrogen-bond donors (Lipinski definition) is 2. The average Bonchev–Trinajstić information content (AvgIpc) is 2.91. The standard InChI is InChI=1S/C19H17BrN2O2S/c1-11-3-8-15(12(2)9-11)18-16(10-17(23)24)25-19(22-18)21-14-6-4-13(20)5-7-14/h3-9H,10H2,1-2H3,(H,21,22)(H,23,24). The third kappa shape index (κ3) is 4.27. The van der Waals surface area contributed by atoms with Crippen molar-refractivity contribution in [2.75, 3.05) is 5.32 Å². The van der Waals surface area contributed by atoms with Crippen LogP contribution in [0.4, 0.5) is 10.8 Å². The minimum atomic E-state index is -0.857. The van der Waals surface area contributed by atoms with E-state index >= 15 is 0 Å². The molecule has 0 fully saturated rings. The van der Waals surface area contributed by atoms with Gasteiger partial charge < -0.3 is 10.4 Å². The van der Waals surface area contributed by atoms with E-state index in [1.807, 2.05) is 50.2 Å². The average molecular weight is 417 g/mol. The number of aryl methyl sites for hydroxylation is 2. The Balaban J connectivity index is 2.00. The summed E-state index contributed by atoms with van der Waals surface area (Å²) in [6.07, 6.45) is -0.0394. The molecule has 0 aliphatic carbocycles. The van der Waals surface area contributed by atoms with Crippen molar-refractivity contribution in [3.63, 3.8) is 0 Å². The van der Waals surface area contributed by atoms with Gasteiger partial charge >= 0.3 is 5.97 Å². The number of aliphatic carboxylic acids is 1. The molecule has 0 amide bonds. The molecule has 2 N–H and O–H groups in total. The van der Waals surface area contributed by atoms with Gasteiger partial charge in [-0.3, -0.25) is 4.79 Å². The van der Waals surface area contributed by atoms with Gasteiger partial charge in [-0.2, -0.15) is 0 Å². The second-order valence-corrected chi connectivity index (χ2v) is 7.81. The monoisotopic (exact) mass is 416 g/mol. The van der Waals surface area contributed by atoms with Crippen LogP contribution >= 0.6 is 27.3 Å². The Bertz CT molecular complexity index is 920. The predicted octanol–water partition coefficient (Wildman–Crippen LogP) is 5.56. The topological polar surface area (TPSA) is 62.2 Å². The van der Waals surface area contributed by atoms with Gasteiger partial charge in [0.15, 0.2) is 5.13 Å². The normalized spacial score (nSPS) is 10.7. The highest BCUT2D eigenvalue weighted by atomic mass is 79.9. The lowest BCUT2D eigenvalue weighted by atomic mass is 10.0. The third-order valence-corrected chi connectivity index (χ3v) is 5.24. The Morgan fingerprint density at radius 3 is 2.56 bits per heavy atom. The van der Waals surface area contributed by atoms with Crippen molar-refractivity contribution in [3.05, 3.63) is 62.9 Å². The van der Waals surface area contributed by atoms with Gasteiger partial charge in [0.05, 0.1) is 12.1 Å². The number of anilines is 2. The number of halogens is 1. The summed E-state index contributed by atoms with van der Waals surface area (Å²) in [7, 11) is 0. The molecule has 0 bridgehead atoms. The molecular formula is C19H17BrN2O2S. The molecule has 0 unspecified atom stereocenters. The number of carboxylic acids is 1. The molecule has 2 aromatic carbocycles. The first-order chi connectivity index (χ1) is 11.9. The molecule has 0 radical (unpaired) electrons. The SMILES string of the molecule is Cc1ccc(-c2nc(Nc3ccc(Br)cc3)sc2CC(=O)O)c(C)c1. The van der Waals surface area contributed by atoms with E-state index in [4.69, 9.17) is 0 Å². The highest BCUT2D eigenvalue weighted by Crippen LogP contribution is 2.35. The summed E-state index contributed by atoms with van der Waals surface area (Å²) in [6.45, 7) is 4.06. The highest BCUT2D eigenvalue weighted by molar-refractivity contribution is 9.10. The van der Waals surface area contributed by atoms with E-state index in [0.717, 1.165) is 31.9 Å². The largest absolute Gasteiger partial charge is 0.481 e.